The van der Waals surface area contributed by atoms with Crippen LogP contribution in [0, 0.1) is 27.7 Å². The highest BCUT2D eigenvalue weighted by atomic mass is 32.2. The molecule has 0 bridgehead atoms. The van der Waals surface area contributed by atoms with Gasteiger partial charge in [-0.1, -0.05) is 0 Å². The summed E-state index contributed by atoms with van der Waals surface area (Å²) in [7, 11) is -4.18. The van der Waals surface area contributed by atoms with Crippen LogP contribution in [0.2, 0.25) is 0 Å². The smallest absolute Gasteiger partial charge is 0.243 e. The van der Waals surface area contributed by atoms with E-state index in [1.165, 1.54) is 4.31 Å². The van der Waals surface area contributed by atoms with Crippen molar-refractivity contribution >= 4 is 20.0 Å². The van der Waals surface area contributed by atoms with Crippen molar-refractivity contribution in [2.45, 2.75) is 37.5 Å². The van der Waals surface area contributed by atoms with Crippen LogP contribution < -0.4 is 14.2 Å². The van der Waals surface area contributed by atoms with E-state index >= 15 is 0 Å². The van der Waals surface area contributed by atoms with E-state index in [4.69, 9.17) is 9.47 Å². The average molecular weight is 526 g/mol. The number of sulfonamides is 2. The lowest BCUT2D eigenvalue weighted by molar-refractivity contribution is 0.191. The SMILES string of the molecule is COc1ccc(S(=O)(=O)NCCN2CCN(S(=O)(=O)c3ccc(OC)c(C)c3C)CC2)c(C)c1C. The van der Waals surface area contributed by atoms with Crippen LogP contribution in [0.4, 0.5) is 0 Å². The monoisotopic (exact) mass is 525 g/mol. The van der Waals surface area contributed by atoms with Gasteiger partial charge in [0, 0.05) is 39.3 Å². The lowest BCUT2D eigenvalue weighted by atomic mass is 10.1. The van der Waals surface area contributed by atoms with Crippen molar-refractivity contribution in [2.75, 3.05) is 53.5 Å². The standard InChI is InChI=1S/C24H35N3O6S2/c1-17-19(3)23(9-7-21(17)32-5)34(28,29)25-11-12-26-13-15-27(16-14-26)35(30,31)24-10-8-22(33-6)18(2)20(24)4/h7-10,25H,11-16H2,1-6H3. The maximum atomic E-state index is 13.2. The minimum Gasteiger partial charge on any atom is -0.496 e. The normalized spacial score (nSPS) is 15.8. The summed E-state index contributed by atoms with van der Waals surface area (Å²) in [4.78, 5) is 2.59. The van der Waals surface area contributed by atoms with Gasteiger partial charge in [-0.05, 0) is 74.2 Å². The minimum atomic E-state index is -3.67. The lowest BCUT2D eigenvalue weighted by Crippen LogP contribution is -2.50. The quantitative estimate of drug-likeness (QED) is 0.535. The van der Waals surface area contributed by atoms with Crippen molar-refractivity contribution in [3.05, 3.63) is 46.5 Å². The highest BCUT2D eigenvalue weighted by Gasteiger charge is 2.30. The fourth-order valence-electron chi connectivity index (χ4n) is 4.30. The highest BCUT2D eigenvalue weighted by molar-refractivity contribution is 7.89. The van der Waals surface area contributed by atoms with Crippen LogP contribution in [-0.4, -0.2) is 79.5 Å². The Hall–Kier alpha value is -2.18. The number of piperazine rings is 1. The van der Waals surface area contributed by atoms with Crippen molar-refractivity contribution < 1.29 is 26.3 Å². The van der Waals surface area contributed by atoms with Crippen molar-refractivity contribution in [1.82, 2.24) is 13.9 Å². The van der Waals surface area contributed by atoms with Gasteiger partial charge in [0.05, 0.1) is 24.0 Å². The molecule has 1 aliphatic rings. The van der Waals surface area contributed by atoms with E-state index in [9.17, 15) is 16.8 Å². The summed E-state index contributed by atoms with van der Waals surface area (Å²) in [6, 6.07) is 6.49. The van der Waals surface area contributed by atoms with Crippen molar-refractivity contribution in [1.29, 1.82) is 0 Å². The lowest BCUT2D eigenvalue weighted by Gasteiger charge is -2.34. The Morgan fingerprint density at radius 2 is 1.23 bits per heavy atom. The Balaban J connectivity index is 1.59. The number of hydrogen-bond acceptors (Lipinski definition) is 7. The molecule has 0 aromatic heterocycles. The third-order valence-corrected chi connectivity index (χ3v) is 10.4. The van der Waals surface area contributed by atoms with Gasteiger partial charge >= 0.3 is 0 Å². The minimum absolute atomic E-state index is 0.233. The van der Waals surface area contributed by atoms with E-state index in [1.807, 2.05) is 13.8 Å². The summed E-state index contributed by atoms with van der Waals surface area (Å²) >= 11 is 0. The van der Waals surface area contributed by atoms with Crippen molar-refractivity contribution in [2.24, 2.45) is 0 Å². The predicted octanol–water partition coefficient (Wildman–Crippen LogP) is 2.22. The topological polar surface area (TPSA) is 105 Å². The van der Waals surface area contributed by atoms with Crippen LogP contribution in [0.5, 0.6) is 11.5 Å². The van der Waals surface area contributed by atoms with Gasteiger partial charge in [-0.15, -0.1) is 0 Å². The van der Waals surface area contributed by atoms with E-state index in [-0.39, 0.29) is 11.4 Å². The van der Waals surface area contributed by atoms with Crippen LogP contribution in [0.1, 0.15) is 22.3 Å². The molecule has 11 heteroatoms. The van der Waals surface area contributed by atoms with Gasteiger partial charge in [-0.25, -0.2) is 21.6 Å². The summed E-state index contributed by atoms with van der Waals surface area (Å²) < 4.78 is 66.8. The summed E-state index contributed by atoms with van der Waals surface area (Å²) in [6.07, 6.45) is 0. The molecule has 35 heavy (non-hydrogen) atoms. The fourth-order valence-corrected chi connectivity index (χ4v) is 7.32. The third kappa shape index (κ3) is 5.64. The molecule has 0 radical (unpaired) electrons. The Morgan fingerprint density at radius 1 is 0.743 bits per heavy atom. The van der Waals surface area contributed by atoms with E-state index in [2.05, 4.69) is 9.62 Å². The molecule has 0 amide bonds. The number of ether oxygens (including phenoxy) is 2. The second-order valence-corrected chi connectivity index (χ2v) is 12.3. The molecule has 2 aromatic rings. The van der Waals surface area contributed by atoms with Crippen LogP contribution in [-0.2, 0) is 20.0 Å². The number of hydrogen-bond donors (Lipinski definition) is 1. The first kappa shape index (κ1) is 27.4. The summed E-state index contributed by atoms with van der Waals surface area (Å²) in [5.41, 5.74) is 2.93. The first-order valence-electron chi connectivity index (χ1n) is 11.4. The van der Waals surface area contributed by atoms with Gasteiger partial charge < -0.3 is 9.47 Å². The predicted molar refractivity (Wildman–Crippen MR) is 135 cm³/mol. The van der Waals surface area contributed by atoms with Crippen LogP contribution in [0.15, 0.2) is 34.1 Å². The zero-order valence-electron chi connectivity index (χ0n) is 21.2. The van der Waals surface area contributed by atoms with Gasteiger partial charge in [-0.3, -0.25) is 4.90 Å². The molecule has 1 fully saturated rings. The molecule has 0 aliphatic carbocycles. The Kier molecular flexibility index (Phi) is 8.48. The molecular formula is C24H35N3O6S2. The molecule has 0 atom stereocenters. The molecule has 1 aliphatic heterocycles. The number of methoxy groups -OCH3 is 2. The number of benzene rings is 2. The summed E-state index contributed by atoms with van der Waals surface area (Å²) in [6.45, 7) is 9.68. The van der Waals surface area contributed by atoms with Crippen LogP contribution in [0.25, 0.3) is 0 Å². The molecule has 0 unspecified atom stereocenters. The van der Waals surface area contributed by atoms with E-state index in [1.54, 1.807) is 52.3 Å². The van der Waals surface area contributed by atoms with Gasteiger partial charge in [0.1, 0.15) is 11.5 Å². The molecule has 1 heterocycles. The fraction of sp³-hybridized carbons (Fsp3) is 0.500. The van der Waals surface area contributed by atoms with Crippen LogP contribution in [0.3, 0.4) is 0 Å². The molecule has 9 nitrogen and oxygen atoms in total. The Labute approximate surface area is 209 Å². The zero-order chi connectivity index (χ0) is 26.0. The summed E-state index contributed by atoms with van der Waals surface area (Å²) in [5, 5.41) is 0. The number of rotatable bonds is 9. The third-order valence-electron chi connectivity index (χ3n) is 6.77. The Morgan fingerprint density at radius 3 is 1.74 bits per heavy atom. The largest absolute Gasteiger partial charge is 0.496 e. The second kappa shape index (κ2) is 10.8. The summed E-state index contributed by atoms with van der Waals surface area (Å²) in [5.74, 6) is 1.31. The van der Waals surface area contributed by atoms with E-state index < -0.39 is 20.0 Å². The molecule has 194 valence electrons. The second-order valence-electron chi connectivity index (χ2n) is 8.68. The molecule has 2 aromatic carbocycles. The number of nitrogens with zero attached hydrogens (tertiary/aromatic N) is 2. The maximum Gasteiger partial charge on any atom is 0.243 e. The Bertz CT molecular complexity index is 1280. The molecule has 1 saturated heterocycles. The molecular weight excluding hydrogens is 490 g/mol. The van der Waals surface area contributed by atoms with E-state index in [0.717, 1.165) is 11.1 Å². The maximum absolute atomic E-state index is 13.2. The van der Waals surface area contributed by atoms with E-state index in [0.29, 0.717) is 60.2 Å². The van der Waals surface area contributed by atoms with Crippen LogP contribution >= 0.6 is 0 Å². The van der Waals surface area contributed by atoms with Gasteiger partial charge in [0.2, 0.25) is 20.0 Å². The van der Waals surface area contributed by atoms with Gasteiger partial charge in [0.15, 0.2) is 0 Å². The van der Waals surface area contributed by atoms with Gasteiger partial charge in [0.25, 0.3) is 0 Å². The zero-order valence-corrected chi connectivity index (χ0v) is 22.8. The first-order valence-corrected chi connectivity index (χ1v) is 14.4. The average Bonchev–Trinajstić information content (AvgIpc) is 2.82. The van der Waals surface area contributed by atoms with Gasteiger partial charge in [-0.2, -0.15) is 4.31 Å². The number of nitrogens with one attached hydrogen (secondary N) is 1. The van der Waals surface area contributed by atoms with Crippen molar-refractivity contribution in [3.8, 4) is 11.5 Å². The highest BCUT2D eigenvalue weighted by Crippen LogP contribution is 2.29. The molecule has 0 spiro atoms. The molecule has 1 N–H and O–H groups in total. The molecule has 0 saturated carbocycles. The van der Waals surface area contributed by atoms with Crippen molar-refractivity contribution in [3.63, 3.8) is 0 Å². The molecule has 3 rings (SSSR count). The first-order chi connectivity index (χ1) is 16.4.